The van der Waals surface area contributed by atoms with E-state index in [0.29, 0.717) is 0 Å². The molecule has 0 aromatic carbocycles. The Morgan fingerprint density at radius 3 is 2.06 bits per heavy atom. The Morgan fingerprint density at radius 1 is 1.12 bits per heavy atom. The summed E-state index contributed by atoms with van der Waals surface area (Å²) >= 11 is 0. The van der Waals surface area contributed by atoms with Crippen LogP contribution in [0.5, 0.6) is 0 Å². The van der Waals surface area contributed by atoms with E-state index in [-0.39, 0.29) is 12.1 Å². The van der Waals surface area contributed by atoms with Crippen molar-refractivity contribution >= 4 is 0 Å². The molecule has 2 N–H and O–H groups in total. The number of ether oxygens (including phenoxy) is 2. The van der Waals surface area contributed by atoms with Gasteiger partial charge in [0.05, 0.1) is 23.9 Å². The van der Waals surface area contributed by atoms with Crippen molar-refractivity contribution in [3.05, 3.63) is 0 Å². The Morgan fingerprint density at radius 2 is 1.65 bits per heavy atom. The van der Waals surface area contributed by atoms with E-state index in [1.54, 1.807) is 11.8 Å². The number of hydrogen-bond acceptors (Lipinski definition) is 5. The third-order valence-electron chi connectivity index (χ3n) is 2.87. The molecule has 0 aromatic heterocycles. The van der Waals surface area contributed by atoms with Crippen molar-refractivity contribution in [3.8, 4) is 0 Å². The summed E-state index contributed by atoms with van der Waals surface area (Å²) in [6, 6.07) is -0.383. The lowest BCUT2D eigenvalue weighted by Gasteiger charge is -2.45. The quantitative estimate of drug-likeness (QED) is 0.730. The van der Waals surface area contributed by atoms with Crippen molar-refractivity contribution in [1.29, 1.82) is 0 Å². The fourth-order valence-corrected chi connectivity index (χ4v) is 2.07. The van der Waals surface area contributed by atoms with Gasteiger partial charge in [0.15, 0.2) is 6.29 Å². The van der Waals surface area contributed by atoms with Gasteiger partial charge in [-0.05, 0) is 41.8 Å². The molecule has 1 fully saturated rings. The van der Waals surface area contributed by atoms with Crippen molar-refractivity contribution in [2.24, 2.45) is 0 Å². The molecule has 0 bridgehead atoms. The first-order chi connectivity index (χ1) is 7.63. The maximum absolute atomic E-state index is 10.2. The van der Waals surface area contributed by atoms with Gasteiger partial charge in [-0.2, -0.15) is 0 Å². The lowest BCUT2D eigenvalue weighted by molar-refractivity contribution is -0.303. The Balaban J connectivity index is 2.81. The van der Waals surface area contributed by atoms with Gasteiger partial charge in [0.2, 0.25) is 0 Å². The van der Waals surface area contributed by atoms with E-state index in [1.165, 1.54) is 0 Å². The molecule has 5 heteroatoms. The standard InChI is InChI=1S/C12H25NO4/c1-7-9(14)8(13(5)6)10(15)11(16-7)17-12(2,3)4/h7-11,14-15H,1-6H3/t7-,8+,9-,10-,11?/m1/s1. The number of rotatable bonds is 2. The van der Waals surface area contributed by atoms with Crippen LogP contribution in [0, 0.1) is 0 Å². The fraction of sp³-hybridized carbons (Fsp3) is 1.00. The summed E-state index contributed by atoms with van der Waals surface area (Å²) < 4.78 is 11.2. The zero-order valence-corrected chi connectivity index (χ0v) is 11.5. The van der Waals surface area contributed by atoms with Gasteiger partial charge in [-0.15, -0.1) is 0 Å². The van der Waals surface area contributed by atoms with E-state index in [1.807, 2.05) is 34.9 Å². The number of aliphatic hydroxyl groups is 2. The van der Waals surface area contributed by atoms with Gasteiger partial charge in [0.1, 0.15) is 6.10 Å². The van der Waals surface area contributed by atoms with E-state index < -0.39 is 24.1 Å². The molecule has 102 valence electrons. The van der Waals surface area contributed by atoms with Gasteiger partial charge in [0, 0.05) is 0 Å². The molecule has 1 aliphatic rings. The number of aliphatic hydroxyl groups excluding tert-OH is 2. The molecule has 0 amide bonds. The molecule has 0 aromatic rings. The molecule has 1 unspecified atom stereocenters. The highest BCUT2D eigenvalue weighted by atomic mass is 16.7. The van der Waals surface area contributed by atoms with Gasteiger partial charge in [-0.3, -0.25) is 0 Å². The van der Waals surface area contributed by atoms with E-state index in [2.05, 4.69) is 0 Å². The van der Waals surface area contributed by atoms with Crippen LogP contribution >= 0.6 is 0 Å². The normalized spacial score (nSPS) is 39.7. The predicted octanol–water partition coefficient (Wildman–Crippen LogP) is 0.198. The van der Waals surface area contributed by atoms with Crippen LogP contribution < -0.4 is 0 Å². The second-order valence-corrected chi connectivity index (χ2v) is 5.88. The summed E-state index contributed by atoms with van der Waals surface area (Å²) in [4.78, 5) is 1.80. The lowest BCUT2D eigenvalue weighted by Crippen LogP contribution is -2.63. The molecule has 1 saturated heterocycles. The van der Waals surface area contributed by atoms with Crippen molar-refractivity contribution in [2.75, 3.05) is 14.1 Å². The van der Waals surface area contributed by atoms with Gasteiger partial charge in [0.25, 0.3) is 0 Å². The molecule has 5 atom stereocenters. The Hall–Kier alpha value is -0.200. The summed E-state index contributed by atoms with van der Waals surface area (Å²) in [6.45, 7) is 7.50. The maximum Gasteiger partial charge on any atom is 0.186 e. The fourth-order valence-electron chi connectivity index (χ4n) is 2.07. The summed E-state index contributed by atoms with van der Waals surface area (Å²) in [6.07, 6.45) is -2.66. The van der Waals surface area contributed by atoms with Crippen molar-refractivity contribution < 1.29 is 19.7 Å². The molecular formula is C12H25NO4. The zero-order chi connectivity index (χ0) is 13.4. The summed E-state index contributed by atoms with van der Waals surface area (Å²) in [5.41, 5.74) is -0.398. The van der Waals surface area contributed by atoms with Gasteiger partial charge in [-0.25, -0.2) is 0 Å². The third kappa shape index (κ3) is 3.63. The number of nitrogens with zero attached hydrogens (tertiary/aromatic N) is 1. The molecule has 5 nitrogen and oxygen atoms in total. The van der Waals surface area contributed by atoms with Gasteiger partial charge < -0.3 is 24.6 Å². The largest absolute Gasteiger partial charge is 0.389 e. The highest BCUT2D eigenvalue weighted by Gasteiger charge is 2.45. The Bertz CT molecular complexity index is 251. The van der Waals surface area contributed by atoms with Crippen LogP contribution in [0.2, 0.25) is 0 Å². The molecule has 1 rings (SSSR count). The number of hydrogen-bond donors (Lipinski definition) is 2. The highest BCUT2D eigenvalue weighted by Crippen LogP contribution is 2.27. The molecule has 0 aliphatic carbocycles. The average Bonchev–Trinajstić information content (AvgIpc) is 2.11. The summed E-state index contributed by atoms with van der Waals surface area (Å²) in [5, 5.41) is 20.2. The van der Waals surface area contributed by atoms with E-state index >= 15 is 0 Å². The van der Waals surface area contributed by atoms with E-state index in [9.17, 15) is 10.2 Å². The second kappa shape index (κ2) is 5.20. The third-order valence-corrected chi connectivity index (χ3v) is 2.87. The minimum absolute atomic E-state index is 0.363. The molecule has 1 heterocycles. The summed E-state index contributed by atoms with van der Waals surface area (Å²) in [7, 11) is 3.65. The van der Waals surface area contributed by atoms with Crippen molar-refractivity contribution in [1.82, 2.24) is 4.90 Å². The van der Waals surface area contributed by atoms with Gasteiger partial charge in [-0.1, -0.05) is 0 Å². The smallest absolute Gasteiger partial charge is 0.186 e. The number of likely N-dealkylation sites (N-methyl/N-ethyl adjacent to an activating group) is 1. The van der Waals surface area contributed by atoms with Crippen LogP contribution in [0.4, 0.5) is 0 Å². The van der Waals surface area contributed by atoms with Crippen molar-refractivity contribution in [2.45, 2.75) is 63.9 Å². The molecular weight excluding hydrogens is 222 g/mol. The SMILES string of the molecule is C[C@H]1OC(OC(C)(C)C)[C@H](O)[C@@H](N(C)C)[C@@H]1O. The lowest BCUT2D eigenvalue weighted by atomic mass is 9.95. The average molecular weight is 247 g/mol. The molecule has 0 spiro atoms. The van der Waals surface area contributed by atoms with Crippen molar-refractivity contribution in [3.63, 3.8) is 0 Å². The molecule has 1 aliphatic heterocycles. The maximum atomic E-state index is 10.2. The van der Waals surface area contributed by atoms with Crippen LogP contribution in [0.25, 0.3) is 0 Å². The first-order valence-corrected chi connectivity index (χ1v) is 5.99. The predicted molar refractivity (Wildman–Crippen MR) is 64.7 cm³/mol. The highest BCUT2D eigenvalue weighted by molar-refractivity contribution is 4.93. The van der Waals surface area contributed by atoms with Crippen LogP contribution in [-0.2, 0) is 9.47 Å². The van der Waals surface area contributed by atoms with Gasteiger partial charge >= 0.3 is 0 Å². The topological polar surface area (TPSA) is 62.2 Å². The zero-order valence-electron chi connectivity index (χ0n) is 11.5. The van der Waals surface area contributed by atoms with Crippen LogP contribution in [0.15, 0.2) is 0 Å². The molecule has 0 saturated carbocycles. The summed E-state index contributed by atoms with van der Waals surface area (Å²) in [5.74, 6) is 0. The minimum atomic E-state index is -0.865. The Kier molecular flexibility index (Phi) is 4.54. The molecule has 17 heavy (non-hydrogen) atoms. The minimum Gasteiger partial charge on any atom is -0.389 e. The second-order valence-electron chi connectivity index (χ2n) is 5.88. The first kappa shape index (κ1) is 14.9. The van der Waals surface area contributed by atoms with E-state index in [4.69, 9.17) is 9.47 Å². The Labute approximate surface area is 103 Å². The molecule has 0 radical (unpaired) electrons. The van der Waals surface area contributed by atoms with Crippen LogP contribution in [0.3, 0.4) is 0 Å². The van der Waals surface area contributed by atoms with Crippen LogP contribution in [0.1, 0.15) is 27.7 Å². The van der Waals surface area contributed by atoms with Crippen LogP contribution in [-0.4, -0.2) is 65.5 Å². The van der Waals surface area contributed by atoms with E-state index in [0.717, 1.165) is 0 Å². The monoisotopic (exact) mass is 247 g/mol. The first-order valence-electron chi connectivity index (χ1n) is 5.99.